The summed E-state index contributed by atoms with van der Waals surface area (Å²) < 4.78 is 44.1. The molecule has 130 valence electrons. The third-order valence-corrected chi connectivity index (χ3v) is 6.20. The molecule has 0 bridgehead atoms. The number of hydrogen-bond acceptors (Lipinski definition) is 6. The van der Waals surface area contributed by atoms with Crippen molar-refractivity contribution in [2.75, 3.05) is 18.1 Å². The van der Waals surface area contributed by atoms with Crippen molar-refractivity contribution >= 4 is 22.1 Å². The molecule has 0 saturated carbocycles. The van der Waals surface area contributed by atoms with Crippen LogP contribution in [0.2, 0.25) is 0 Å². The van der Waals surface area contributed by atoms with E-state index in [4.69, 9.17) is 16.6 Å². The highest BCUT2D eigenvalue weighted by Crippen LogP contribution is 2.22. The number of benzene rings is 1. The number of hydrogen-bond donors (Lipinski definition) is 0. The van der Waals surface area contributed by atoms with Crippen molar-refractivity contribution in [1.82, 2.24) is 14.7 Å². The summed E-state index contributed by atoms with van der Waals surface area (Å²) in [4.78, 5) is 2.13. The fraction of sp³-hybridized carbons (Fsp3) is 0.467. The third kappa shape index (κ3) is 3.57. The Labute approximate surface area is 144 Å². The van der Waals surface area contributed by atoms with Crippen LogP contribution >= 0.6 is 12.2 Å². The Bertz CT molecular complexity index is 891. The van der Waals surface area contributed by atoms with Crippen LogP contribution in [0.1, 0.15) is 13.3 Å². The van der Waals surface area contributed by atoms with E-state index in [-0.39, 0.29) is 33.8 Å². The molecule has 1 aromatic heterocycles. The molecule has 2 aromatic rings. The summed E-state index contributed by atoms with van der Waals surface area (Å²) in [5, 5.41) is 4.25. The molecular formula is C15H18FN3O3S2. The summed E-state index contributed by atoms with van der Waals surface area (Å²) in [6, 6.07) is 6.12. The summed E-state index contributed by atoms with van der Waals surface area (Å²) in [6.07, 6.45) is 0.599. The summed E-state index contributed by atoms with van der Waals surface area (Å²) in [6.45, 7) is 2.92. The molecule has 1 aliphatic rings. The molecule has 2 heterocycles. The average Bonchev–Trinajstić information content (AvgIpc) is 3.08. The fourth-order valence-electron chi connectivity index (χ4n) is 2.85. The van der Waals surface area contributed by atoms with E-state index in [1.165, 1.54) is 10.7 Å². The molecule has 24 heavy (non-hydrogen) atoms. The van der Waals surface area contributed by atoms with E-state index >= 15 is 0 Å². The quantitative estimate of drug-likeness (QED) is 0.752. The molecular weight excluding hydrogens is 353 g/mol. The van der Waals surface area contributed by atoms with Crippen LogP contribution in [0.5, 0.6) is 0 Å². The molecule has 1 fully saturated rings. The van der Waals surface area contributed by atoms with Crippen molar-refractivity contribution in [3.05, 3.63) is 34.9 Å². The molecule has 1 atom stereocenters. The van der Waals surface area contributed by atoms with E-state index < -0.39 is 15.7 Å². The van der Waals surface area contributed by atoms with Crippen molar-refractivity contribution in [3.63, 3.8) is 0 Å². The predicted octanol–water partition coefficient (Wildman–Crippen LogP) is 2.48. The van der Waals surface area contributed by atoms with Gasteiger partial charge in [-0.1, -0.05) is 19.1 Å². The van der Waals surface area contributed by atoms with Gasteiger partial charge in [-0.2, -0.15) is 0 Å². The van der Waals surface area contributed by atoms with Crippen LogP contribution in [-0.4, -0.2) is 47.2 Å². The Hall–Kier alpha value is -1.58. The third-order valence-electron chi connectivity index (χ3n) is 4.16. The molecule has 0 N–H and O–H groups in total. The van der Waals surface area contributed by atoms with Gasteiger partial charge < -0.3 is 4.42 Å². The van der Waals surface area contributed by atoms with Crippen LogP contribution < -0.4 is 0 Å². The summed E-state index contributed by atoms with van der Waals surface area (Å²) >= 11 is 5.17. The van der Waals surface area contributed by atoms with E-state index in [2.05, 4.69) is 5.10 Å². The molecule has 3 rings (SSSR count). The maximum Gasteiger partial charge on any atom is 0.288 e. The van der Waals surface area contributed by atoms with Gasteiger partial charge in [0.05, 0.1) is 23.7 Å². The Kier molecular flexibility index (Phi) is 4.84. The SMILES string of the molecule is CCN(Cn1nc(-c2ccccc2F)oc1=S)[C@H]1CCS(=O)(=O)C1. The molecule has 6 nitrogen and oxygen atoms in total. The lowest BCUT2D eigenvalue weighted by Gasteiger charge is -2.25. The Balaban J connectivity index is 1.83. The normalized spacial score (nSPS) is 19.9. The number of rotatable bonds is 5. The van der Waals surface area contributed by atoms with Gasteiger partial charge in [-0.15, -0.1) is 5.10 Å². The lowest BCUT2D eigenvalue weighted by atomic mass is 10.2. The van der Waals surface area contributed by atoms with Crippen LogP contribution in [0.3, 0.4) is 0 Å². The fourth-order valence-corrected chi connectivity index (χ4v) is 4.79. The topological polar surface area (TPSA) is 68.3 Å². The lowest BCUT2D eigenvalue weighted by Crippen LogP contribution is -2.37. The van der Waals surface area contributed by atoms with Crippen molar-refractivity contribution in [2.24, 2.45) is 0 Å². The lowest BCUT2D eigenvalue weighted by molar-refractivity contribution is 0.162. The first-order chi connectivity index (χ1) is 11.4. The van der Waals surface area contributed by atoms with Crippen molar-refractivity contribution in [2.45, 2.75) is 26.1 Å². The molecule has 1 saturated heterocycles. The second-order valence-electron chi connectivity index (χ2n) is 5.76. The Morgan fingerprint density at radius 1 is 1.46 bits per heavy atom. The van der Waals surface area contributed by atoms with Crippen LogP contribution in [-0.2, 0) is 16.5 Å². The molecule has 0 amide bonds. The maximum absolute atomic E-state index is 13.9. The second-order valence-corrected chi connectivity index (χ2v) is 8.33. The van der Waals surface area contributed by atoms with Gasteiger partial charge in [0.2, 0.25) is 5.89 Å². The van der Waals surface area contributed by atoms with E-state index in [1.807, 2.05) is 11.8 Å². The average molecular weight is 371 g/mol. The first-order valence-corrected chi connectivity index (χ1v) is 9.90. The summed E-state index contributed by atoms with van der Waals surface area (Å²) in [7, 11) is -2.97. The highest BCUT2D eigenvalue weighted by molar-refractivity contribution is 7.91. The van der Waals surface area contributed by atoms with Gasteiger partial charge in [0.1, 0.15) is 5.82 Å². The molecule has 0 spiro atoms. The molecule has 1 aliphatic heterocycles. The Morgan fingerprint density at radius 3 is 2.83 bits per heavy atom. The number of halogens is 1. The highest BCUT2D eigenvalue weighted by Gasteiger charge is 2.32. The van der Waals surface area contributed by atoms with Crippen LogP contribution in [0.15, 0.2) is 28.7 Å². The van der Waals surface area contributed by atoms with E-state index in [1.54, 1.807) is 18.2 Å². The number of nitrogens with zero attached hydrogens (tertiary/aromatic N) is 3. The van der Waals surface area contributed by atoms with Crippen LogP contribution in [0.4, 0.5) is 4.39 Å². The van der Waals surface area contributed by atoms with Crippen molar-refractivity contribution in [3.8, 4) is 11.5 Å². The predicted molar refractivity (Wildman–Crippen MR) is 90.2 cm³/mol. The molecule has 0 aliphatic carbocycles. The van der Waals surface area contributed by atoms with E-state index in [9.17, 15) is 12.8 Å². The monoisotopic (exact) mass is 371 g/mol. The van der Waals surface area contributed by atoms with Gasteiger partial charge in [0.25, 0.3) is 4.84 Å². The zero-order valence-corrected chi connectivity index (χ0v) is 14.8. The van der Waals surface area contributed by atoms with Gasteiger partial charge in [0.15, 0.2) is 9.84 Å². The zero-order valence-electron chi connectivity index (χ0n) is 13.2. The molecule has 1 aromatic carbocycles. The number of aromatic nitrogens is 2. The van der Waals surface area contributed by atoms with Crippen molar-refractivity contribution < 1.29 is 17.2 Å². The highest BCUT2D eigenvalue weighted by atomic mass is 32.2. The van der Waals surface area contributed by atoms with E-state index in [0.29, 0.717) is 19.6 Å². The van der Waals surface area contributed by atoms with Gasteiger partial charge in [0, 0.05) is 6.04 Å². The largest absolute Gasteiger partial charge is 0.409 e. The van der Waals surface area contributed by atoms with Gasteiger partial charge in [-0.3, -0.25) is 4.90 Å². The van der Waals surface area contributed by atoms with Gasteiger partial charge >= 0.3 is 0 Å². The van der Waals surface area contributed by atoms with Crippen molar-refractivity contribution in [1.29, 1.82) is 0 Å². The standard InChI is InChI=1S/C15H18FN3O3S2/c1-2-18(11-7-8-24(20,21)9-11)10-19-15(23)22-14(17-19)12-5-3-4-6-13(12)16/h3-6,11H,2,7-10H2,1H3/t11-/m0/s1. The minimum Gasteiger partial charge on any atom is -0.409 e. The summed E-state index contributed by atoms with van der Waals surface area (Å²) in [5.74, 6) is 0.0359. The van der Waals surface area contributed by atoms with Gasteiger partial charge in [-0.25, -0.2) is 17.5 Å². The smallest absolute Gasteiger partial charge is 0.288 e. The summed E-state index contributed by atoms with van der Waals surface area (Å²) in [5.41, 5.74) is 0.244. The molecule has 0 radical (unpaired) electrons. The molecule has 9 heteroatoms. The Morgan fingerprint density at radius 2 is 2.21 bits per heavy atom. The molecule has 0 unspecified atom stereocenters. The second kappa shape index (κ2) is 6.73. The minimum atomic E-state index is -2.97. The zero-order chi connectivity index (χ0) is 17.3. The van der Waals surface area contributed by atoms with Crippen LogP contribution in [0.25, 0.3) is 11.5 Å². The van der Waals surface area contributed by atoms with E-state index in [0.717, 1.165) is 0 Å². The number of sulfone groups is 1. The first-order valence-electron chi connectivity index (χ1n) is 7.67. The van der Waals surface area contributed by atoms with Gasteiger partial charge in [-0.05, 0) is 37.3 Å². The maximum atomic E-state index is 13.9. The minimum absolute atomic E-state index is 0.0597. The van der Waals surface area contributed by atoms with Crippen LogP contribution in [0, 0.1) is 10.7 Å². The first kappa shape index (κ1) is 17.2.